The summed E-state index contributed by atoms with van der Waals surface area (Å²) in [4.78, 5) is 3.46. The van der Waals surface area contributed by atoms with Crippen LogP contribution in [-0.4, -0.2) is 20.9 Å². The lowest BCUT2D eigenvalue weighted by atomic mass is 10.1. The Morgan fingerprint density at radius 3 is 2.12 bits per heavy atom. The van der Waals surface area contributed by atoms with Crippen molar-refractivity contribution in [2.75, 3.05) is 0 Å². The molecule has 25 heavy (non-hydrogen) atoms. The fourth-order valence-electron chi connectivity index (χ4n) is 1.83. The molecule has 0 N–H and O–H groups in total. The van der Waals surface area contributed by atoms with E-state index in [4.69, 9.17) is 16.9 Å². The van der Waals surface area contributed by atoms with E-state index in [0.29, 0.717) is 0 Å². The Morgan fingerprint density at radius 2 is 1.68 bits per heavy atom. The van der Waals surface area contributed by atoms with Gasteiger partial charge in [-0.15, -0.1) is 0 Å². The number of nitriles is 1. The van der Waals surface area contributed by atoms with Gasteiger partial charge in [0.2, 0.25) is 0 Å². The van der Waals surface area contributed by atoms with Crippen molar-refractivity contribution in [2.45, 2.75) is 18.3 Å². The van der Waals surface area contributed by atoms with Crippen molar-refractivity contribution in [2.24, 2.45) is 0 Å². The zero-order chi connectivity index (χ0) is 19.2. The van der Waals surface area contributed by atoms with E-state index in [0.717, 1.165) is 18.3 Å². The van der Waals surface area contributed by atoms with Gasteiger partial charge in [0.05, 0.1) is 5.02 Å². The first kappa shape index (κ1) is 18.9. The summed E-state index contributed by atoms with van der Waals surface area (Å²) >= 11 is 5.64. The maximum Gasteiger partial charge on any atom is 0.459 e. The van der Waals surface area contributed by atoms with Gasteiger partial charge >= 0.3 is 18.3 Å². The first-order chi connectivity index (χ1) is 11.3. The average Bonchev–Trinajstić information content (AvgIpc) is 2.86. The van der Waals surface area contributed by atoms with Gasteiger partial charge in [-0.1, -0.05) is 11.6 Å². The molecule has 0 amide bonds. The van der Waals surface area contributed by atoms with E-state index in [-0.39, 0.29) is 4.68 Å². The maximum atomic E-state index is 13.5. The van der Waals surface area contributed by atoms with Crippen LogP contribution in [0.4, 0.5) is 35.1 Å². The highest BCUT2D eigenvalue weighted by Crippen LogP contribution is 2.48. The molecule has 134 valence electrons. The monoisotopic (exact) mass is 390 g/mol. The molecule has 2 aromatic rings. The molecule has 0 aromatic carbocycles. The normalized spacial score (nSPS) is 13.0. The smallest absolute Gasteiger partial charge is 0.236 e. The molecule has 2 aromatic heterocycles. The molecule has 0 bridgehead atoms. The molecule has 0 spiro atoms. The van der Waals surface area contributed by atoms with E-state index in [2.05, 4.69) is 10.1 Å². The second kappa shape index (κ2) is 5.83. The van der Waals surface area contributed by atoms with E-state index >= 15 is 0 Å². The summed E-state index contributed by atoms with van der Waals surface area (Å²) in [5, 5.41) is 11.1. The minimum absolute atomic E-state index is 0.0971. The fraction of sp³-hybridized carbons (Fsp3) is 0.250. The predicted molar refractivity (Wildman–Crippen MR) is 66.0 cm³/mol. The molecule has 0 aliphatic rings. The van der Waals surface area contributed by atoms with E-state index in [1.165, 1.54) is 6.07 Å². The SMILES string of the molecule is N#Cc1c(C(F)(F)F)c(C(F)(F)C(F)(F)F)nn1-c1ncccc1Cl. The molecule has 0 radical (unpaired) electrons. The molecule has 13 heteroatoms. The van der Waals surface area contributed by atoms with Gasteiger partial charge in [0, 0.05) is 6.20 Å². The van der Waals surface area contributed by atoms with Crippen molar-refractivity contribution < 1.29 is 35.1 Å². The van der Waals surface area contributed by atoms with Crippen LogP contribution in [0.3, 0.4) is 0 Å². The number of rotatable bonds is 2. The van der Waals surface area contributed by atoms with E-state index in [9.17, 15) is 35.1 Å². The van der Waals surface area contributed by atoms with Gasteiger partial charge < -0.3 is 0 Å². The molecule has 0 saturated carbocycles. The minimum atomic E-state index is -6.37. The summed E-state index contributed by atoms with van der Waals surface area (Å²) in [7, 11) is 0. The molecule has 0 saturated heterocycles. The van der Waals surface area contributed by atoms with E-state index in [1.807, 2.05) is 0 Å². The Morgan fingerprint density at radius 1 is 1.08 bits per heavy atom. The third-order valence-corrected chi connectivity index (χ3v) is 3.16. The van der Waals surface area contributed by atoms with Gasteiger partial charge in [0.1, 0.15) is 11.6 Å². The summed E-state index contributed by atoms with van der Waals surface area (Å²) in [6, 6.07) is 3.21. The van der Waals surface area contributed by atoms with Crippen LogP contribution in [0, 0.1) is 11.3 Å². The van der Waals surface area contributed by atoms with Gasteiger partial charge in [-0.05, 0) is 12.1 Å². The van der Waals surface area contributed by atoms with Gasteiger partial charge in [0.15, 0.2) is 17.2 Å². The lowest BCUT2D eigenvalue weighted by Gasteiger charge is -2.19. The third-order valence-electron chi connectivity index (χ3n) is 2.87. The number of hydrogen-bond acceptors (Lipinski definition) is 3. The van der Waals surface area contributed by atoms with Crippen LogP contribution >= 0.6 is 11.6 Å². The highest BCUT2D eigenvalue weighted by Gasteiger charge is 2.64. The molecule has 0 aliphatic heterocycles. The molecular weight excluding hydrogens is 388 g/mol. The van der Waals surface area contributed by atoms with Crippen molar-refractivity contribution in [3.05, 3.63) is 40.3 Å². The summed E-state index contributed by atoms with van der Waals surface area (Å²) in [5.41, 5.74) is -6.78. The molecular formula is C12H3ClF8N4. The van der Waals surface area contributed by atoms with Crippen LogP contribution in [0.1, 0.15) is 17.0 Å². The topological polar surface area (TPSA) is 54.5 Å². The molecule has 0 aliphatic carbocycles. The van der Waals surface area contributed by atoms with Gasteiger partial charge in [-0.25, -0.2) is 9.67 Å². The van der Waals surface area contributed by atoms with Crippen molar-refractivity contribution in [1.82, 2.24) is 14.8 Å². The Hall–Kier alpha value is -2.42. The number of hydrogen-bond donors (Lipinski definition) is 0. The number of aromatic nitrogens is 3. The summed E-state index contributed by atoms with van der Waals surface area (Å²) in [6.07, 6.45) is -11.1. The highest BCUT2D eigenvalue weighted by molar-refractivity contribution is 6.32. The second-order valence-electron chi connectivity index (χ2n) is 4.47. The third kappa shape index (κ3) is 3.11. The quantitative estimate of drug-likeness (QED) is 0.711. The number of pyridine rings is 1. The summed E-state index contributed by atoms with van der Waals surface area (Å²) < 4.78 is 104. The van der Waals surface area contributed by atoms with E-state index < -0.39 is 46.1 Å². The molecule has 0 atom stereocenters. The van der Waals surface area contributed by atoms with Gasteiger partial charge in [-0.3, -0.25) is 0 Å². The first-order valence-corrected chi connectivity index (χ1v) is 6.36. The number of alkyl halides is 8. The molecule has 0 unspecified atom stereocenters. The second-order valence-corrected chi connectivity index (χ2v) is 4.88. The standard InChI is InChI=1S/C12H3ClF8N4/c13-5-2-1-3-23-9(5)25-6(4-22)7(11(16,17)18)8(24-25)10(14,15)12(19,20)21/h1-3H. The minimum Gasteiger partial charge on any atom is -0.236 e. The summed E-state index contributed by atoms with van der Waals surface area (Å²) in [5.74, 6) is -6.67. The molecule has 2 rings (SSSR count). The number of halogens is 9. The Bertz CT molecular complexity index is 846. The van der Waals surface area contributed by atoms with Crippen molar-refractivity contribution in [3.8, 4) is 11.9 Å². The largest absolute Gasteiger partial charge is 0.459 e. The fourth-order valence-corrected chi connectivity index (χ4v) is 2.03. The van der Waals surface area contributed by atoms with Crippen LogP contribution in [0.5, 0.6) is 0 Å². The number of nitrogens with zero attached hydrogens (tertiary/aromatic N) is 4. The van der Waals surface area contributed by atoms with Crippen LogP contribution in [0.25, 0.3) is 5.82 Å². The van der Waals surface area contributed by atoms with Crippen molar-refractivity contribution in [3.63, 3.8) is 0 Å². The maximum absolute atomic E-state index is 13.5. The lowest BCUT2D eigenvalue weighted by Crippen LogP contribution is -2.36. The Balaban J connectivity index is 2.92. The van der Waals surface area contributed by atoms with Crippen molar-refractivity contribution in [1.29, 1.82) is 5.26 Å². The van der Waals surface area contributed by atoms with Crippen LogP contribution in [0.15, 0.2) is 18.3 Å². The zero-order valence-corrected chi connectivity index (χ0v) is 12.2. The summed E-state index contributed by atoms with van der Waals surface area (Å²) in [6.45, 7) is 0. The zero-order valence-electron chi connectivity index (χ0n) is 11.4. The predicted octanol–water partition coefficient (Wildman–Crippen LogP) is 4.47. The van der Waals surface area contributed by atoms with Crippen LogP contribution in [0.2, 0.25) is 5.02 Å². The average molecular weight is 391 g/mol. The van der Waals surface area contributed by atoms with E-state index in [1.54, 1.807) is 0 Å². The lowest BCUT2D eigenvalue weighted by molar-refractivity contribution is -0.292. The van der Waals surface area contributed by atoms with Crippen LogP contribution in [-0.2, 0) is 12.1 Å². The molecule has 0 fully saturated rings. The van der Waals surface area contributed by atoms with Crippen molar-refractivity contribution >= 4 is 11.6 Å². The molecule has 4 nitrogen and oxygen atoms in total. The Kier molecular flexibility index (Phi) is 4.41. The van der Waals surface area contributed by atoms with Gasteiger partial charge in [-0.2, -0.15) is 45.5 Å². The van der Waals surface area contributed by atoms with Gasteiger partial charge in [0.25, 0.3) is 0 Å². The van der Waals surface area contributed by atoms with Crippen LogP contribution < -0.4 is 0 Å². The first-order valence-electron chi connectivity index (χ1n) is 5.98. The Labute approximate surface area is 138 Å². The highest BCUT2D eigenvalue weighted by atomic mass is 35.5. The molecule has 2 heterocycles.